The maximum absolute atomic E-state index is 13.7. The summed E-state index contributed by atoms with van der Waals surface area (Å²) in [5, 5.41) is 4.87. The van der Waals surface area contributed by atoms with Gasteiger partial charge in [0, 0.05) is 29.3 Å². The fourth-order valence-corrected chi connectivity index (χ4v) is 4.82. The summed E-state index contributed by atoms with van der Waals surface area (Å²) < 4.78 is 7.36. The van der Waals surface area contributed by atoms with Crippen LogP contribution < -0.4 is 9.64 Å². The quantitative estimate of drug-likeness (QED) is 0.397. The van der Waals surface area contributed by atoms with Gasteiger partial charge in [-0.25, -0.2) is 9.97 Å². The fourth-order valence-electron chi connectivity index (χ4n) is 4.82. The summed E-state index contributed by atoms with van der Waals surface area (Å²) >= 11 is 0. The Balaban J connectivity index is 1.67. The van der Waals surface area contributed by atoms with Gasteiger partial charge in [0.25, 0.3) is 5.95 Å². The molecule has 0 fully saturated rings. The van der Waals surface area contributed by atoms with Crippen molar-refractivity contribution in [2.75, 3.05) is 11.5 Å². The van der Waals surface area contributed by atoms with Crippen LogP contribution in [0.15, 0.2) is 60.7 Å². The van der Waals surface area contributed by atoms with Gasteiger partial charge in [-0.1, -0.05) is 42.5 Å². The zero-order valence-electron chi connectivity index (χ0n) is 20.5. The zero-order valence-corrected chi connectivity index (χ0v) is 20.5. The summed E-state index contributed by atoms with van der Waals surface area (Å²) in [6.45, 7) is 8.91. The lowest BCUT2D eigenvalue weighted by atomic mass is 9.85. The molecule has 0 saturated heterocycles. The minimum atomic E-state index is -0.111. The second kappa shape index (κ2) is 9.33. The third-order valence-electron chi connectivity index (χ3n) is 6.30. The highest BCUT2D eigenvalue weighted by molar-refractivity contribution is 5.97. The highest BCUT2D eigenvalue weighted by Crippen LogP contribution is 2.43. The summed E-state index contributed by atoms with van der Waals surface area (Å²) in [6, 6.07) is 20.0. The summed E-state index contributed by atoms with van der Waals surface area (Å²) in [7, 11) is 0. The van der Waals surface area contributed by atoms with Crippen molar-refractivity contribution >= 4 is 11.7 Å². The van der Waals surface area contributed by atoms with Crippen molar-refractivity contribution in [1.29, 1.82) is 0 Å². The first kappa shape index (κ1) is 22.8. The standard InChI is InChI=1S/C28H29N5O2/c1-5-35-23-13-11-22(12-14-23)24-16-25(34)32(17-21-9-7-6-8-10-21)27-26(24)20(4)31-33(27)28-29-18(2)15-19(3)30-28/h6-15,24H,5,16-17H2,1-4H3/t24-/m1/s1. The van der Waals surface area contributed by atoms with Crippen molar-refractivity contribution in [2.45, 2.75) is 46.6 Å². The van der Waals surface area contributed by atoms with Crippen LogP contribution in [0.1, 0.15) is 53.0 Å². The van der Waals surface area contributed by atoms with E-state index in [0.29, 0.717) is 25.5 Å². The van der Waals surface area contributed by atoms with Gasteiger partial charge in [-0.15, -0.1) is 0 Å². The van der Waals surface area contributed by atoms with Gasteiger partial charge in [0.2, 0.25) is 5.91 Å². The summed E-state index contributed by atoms with van der Waals surface area (Å²) in [6.07, 6.45) is 0.369. The number of rotatable bonds is 6. The van der Waals surface area contributed by atoms with Gasteiger partial charge < -0.3 is 4.74 Å². The minimum Gasteiger partial charge on any atom is -0.494 e. The summed E-state index contributed by atoms with van der Waals surface area (Å²) in [5.74, 6) is 1.97. The molecule has 0 spiro atoms. The van der Waals surface area contributed by atoms with Crippen molar-refractivity contribution in [1.82, 2.24) is 19.7 Å². The smallest absolute Gasteiger partial charge is 0.252 e. The van der Waals surface area contributed by atoms with E-state index in [1.807, 2.05) is 93.3 Å². The van der Waals surface area contributed by atoms with Crippen LogP contribution in [-0.2, 0) is 11.3 Å². The van der Waals surface area contributed by atoms with Crippen LogP contribution in [0.3, 0.4) is 0 Å². The van der Waals surface area contributed by atoms with Crippen LogP contribution in [0.5, 0.6) is 5.75 Å². The molecular weight excluding hydrogens is 438 g/mol. The predicted molar refractivity (Wildman–Crippen MR) is 135 cm³/mol. The number of aromatic nitrogens is 4. The van der Waals surface area contributed by atoms with Gasteiger partial charge in [-0.05, 0) is 57.0 Å². The maximum atomic E-state index is 13.7. The van der Waals surface area contributed by atoms with Crippen LogP contribution >= 0.6 is 0 Å². The molecule has 1 aliphatic heterocycles. The van der Waals surface area contributed by atoms with Crippen molar-refractivity contribution in [3.05, 3.63) is 94.4 Å². The zero-order chi connectivity index (χ0) is 24.5. The summed E-state index contributed by atoms with van der Waals surface area (Å²) in [5.41, 5.74) is 5.73. The molecule has 2 aromatic carbocycles. The molecule has 0 aliphatic carbocycles. The van der Waals surface area contributed by atoms with Gasteiger partial charge in [0.1, 0.15) is 11.6 Å². The second-order valence-electron chi connectivity index (χ2n) is 8.91. The van der Waals surface area contributed by atoms with Crippen LogP contribution in [0.25, 0.3) is 5.95 Å². The summed E-state index contributed by atoms with van der Waals surface area (Å²) in [4.78, 5) is 24.8. The molecule has 178 valence electrons. The molecule has 1 aliphatic rings. The fraction of sp³-hybridized carbons (Fsp3) is 0.286. The number of nitrogens with zero attached hydrogens (tertiary/aromatic N) is 5. The van der Waals surface area contributed by atoms with E-state index in [0.717, 1.165) is 45.3 Å². The van der Waals surface area contributed by atoms with E-state index in [1.54, 1.807) is 4.68 Å². The van der Waals surface area contributed by atoms with Gasteiger partial charge >= 0.3 is 0 Å². The van der Waals surface area contributed by atoms with E-state index in [1.165, 1.54) is 0 Å². The molecule has 35 heavy (non-hydrogen) atoms. The Morgan fingerprint density at radius 1 is 0.971 bits per heavy atom. The maximum Gasteiger partial charge on any atom is 0.252 e. The number of hydrogen-bond donors (Lipinski definition) is 0. The molecule has 0 N–H and O–H groups in total. The molecule has 2 aromatic heterocycles. The first-order chi connectivity index (χ1) is 16.9. The molecule has 4 aromatic rings. The van der Waals surface area contributed by atoms with Crippen LogP contribution in [-0.4, -0.2) is 32.3 Å². The molecule has 3 heterocycles. The van der Waals surface area contributed by atoms with Gasteiger partial charge in [-0.2, -0.15) is 9.78 Å². The van der Waals surface area contributed by atoms with Gasteiger partial charge in [0.15, 0.2) is 0 Å². The number of aryl methyl sites for hydroxylation is 3. The molecule has 0 radical (unpaired) electrons. The number of fused-ring (bicyclic) bond motifs is 1. The van der Waals surface area contributed by atoms with E-state index in [9.17, 15) is 4.79 Å². The van der Waals surface area contributed by atoms with Crippen LogP contribution in [0.2, 0.25) is 0 Å². The number of benzene rings is 2. The topological polar surface area (TPSA) is 73.1 Å². The average Bonchev–Trinajstić information content (AvgIpc) is 3.19. The Kier molecular flexibility index (Phi) is 6.07. The number of ether oxygens (including phenoxy) is 1. The average molecular weight is 468 g/mol. The van der Waals surface area contributed by atoms with Crippen LogP contribution in [0.4, 0.5) is 5.82 Å². The first-order valence-electron chi connectivity index (χ1n) is 11.9. The van der Waals surface area contributed by atoms with E-state index in [4.69, 9.17) is 9.84 Å². The van der Waals surface area contributed by atoms with E-state index in [2.05, 4.69) is 9.97 Å². The Hall–Kier alpha value is -4.00. The Morgan fingerprint density at radius 3 is 2.31 bits per heavy atom. The highest BCUT2D eigenvalue weighted by Gasteiger charge is 2.38. The van der Waals surface area contributed by atoms with Crippen molar-refractivity contribution < 1.29 is 9.53 Å². The molecule has 0 unspecified atom stereocenters. The van der Waals surface area contributed by atoms with Crippen LogP contribution in [0, 0.1) is 20.8 Å². The highest BCUT2D eigenvalue weighted by atomic mass is 16.5. The lowest BCUT2D eigenvalue weighted by Gasteiger charge is -2.33. The van der Waals surface area contributed by atoms with E-state index in [-0.39, 0.29) is 11.8 Å². The normalized spacial score (nSPS) is 15.3. The van der Waals surface area contributed by atoms with Crippen molar-refractivity contribution in [2.24, 2.45) is 0 Å². The molecule has 7 heteroatoms. The van der Waals surface area contributed by atoms with Crippen molar-refractivity contribution in [3.63, 3.8) is 0 Å². The second-order valence-corrected chi connectivity index (χ2v) is 8.91. The largest absolute Gasteiger partial charge is 0.494 e. The Labute approximate surface area is 205 Å². The Bertz CT molecular complexity index is 1340. The predicted octanol–water partition coefficient (Wildman–Crippen LogP) is 5.06. The number of carbonyl (C=O) groups excluding carboxylic acids is 1. The molecule has 0 saturated carbocycles. The number of anilines is 1. The number of amides is 1. The molecule has 0 bridgehead atoms. The third kappa shape index (κ3) is 4.41. The molecular formula is C28H29N5O2. The SMILES string of the molecule is CCOc1ccc([C@H]2CC(=O)N(Cc3ccccc3)c3c2c(C)nn3-c2nc(C)cc(C)n2)cc1. The lowest BCUT2D eigenvalue weighted by molar-refractivity contribution is -0.119. The number of carbonyl (C=O) groups is 1. The molecule has 1 amide bonds. The van der Waals surface area contributed by atoms with Gasteiger partial charge in [0.05, 0.1) is 18.8 Å². The van der Waals surface area contributed by atoms with Gasteiger partial charge in [-0.3, -0.25) is 9.69 Å². The molecule has 7 nitrogen and oxygen atoms in total. The Morgan fingerprint density at radius 2 is 1.66 bits per heavy atom. The molecule has 5 rings (SSSR count). The van der Waals surface area contributed by atoms with E-state index >= 15 is 0 Å². The van der Waals surface area contributed by atoms with Crippen molar-refractivity contribution in [3.8, 4) is 11.7 Å². The monoisotopic (exact) mass is 467 g/mol. The number of hydrogen-bond acceptors (Lipinski definition) is 5. The lowest BCUT2D eigenvalue weighted by Crippen LogP contribution is -2.38. The molecule has 1 atom stereocenters. The first-order valence-corrected chi connectivity index (χ1v) is 11.9. The minimum absolute atomic E-state index is 0.0470. The third-order valence-corrected chi connectivity index (χ3v) is 6.30. The van der Waals surface area contributed by atoms with E-state index < -0.39 is 0 Å².